The van der Waals surface area contributed by atoms with Crippen molar-refractivity contribution in [2.45, 2.75) is 37.4 Å². The second kappa shape index (κ2) is 8.09. The summed E-state index contributed by atoms with van der Waals surface area (Å²) < 4.78 is 65.8. The average molecular weight is 498 g/mol. The van der Waals surface area contributed by atoms with Crippen LogP contribution in [0.1, 0.15) is 18.9 Å². The van der Waals surface area contributed by atoms with Gasteiger partial charge in [-0.1, -0.05) is 0 Å². The van der Waals surface area contributed by atoms with Gasteiger partial charge in [-0.2, -0.15) is 27.1 Å². The lowest BCUT2D eigenvalue weighted by molar-refractivity contribution is -0.285. The summed E-state index contributed by atoms with van der Waals surface area (Å²) in [5.74, 6) is -6.05. The quantitative estimate of drug-likeness (QED) is 0.352. The molecule has 0 radical (unpaired) electrons. The van der Waals surface area contributed by atoms with Gasteiger partial charge in [0, 0.05) is 33.3 Å². The summed E-state index contributed by atoms with van der Waals surface area (Å²) in [4.78, 5) is 37.9. The first-order valence-corrected chi connectivity index (χ1v) is 10.3. The van der Waals surface area contributed by atoms with Crippen LogP contribution in [0.3, 0.4) is 0 Å². The van der Waals surface area contributed by atoms with Gasteiger partial charge in [-0.15, -0.1) is 0 Å². The predicted molar refractivity (Wildman–Crippen MR) is 114 cm³/mol. The number of halogens is 5. The minimum Gasteiger partial charge on any atom is -0.373 e. The Morgan fingerprint density at radius 3 is 2.54 bits per heavy atom. The molecule has 0 bridgehead atoms. The van der Waals surface area contributed by atoms with E-state index in [1.165, 1.54) is 39.3 Å². The van der Waals surface area contributed by atoms with Crippen molar-refractivity contribution in [3.05, 3.63) is 23.9 Å². The molecule has 0 fully saturated rings. The molecule has 3 N–H and O–H groups in total. The number of fused-ring (bicyclic) bond motifs is 2. The third-order valence-electron chi connectivity index (χ3n) is 5.78. The topological polar surface area (TPSA) is 127 Å². The van der Waals surface area contributed by atoms with E-state index in [1.807, 2.05) is 0 Å². The molecule has 10 nitrogen and oxygen atoms in total. The number of rotatable bonds is 6. The van der Waals surface area contributed by atoms with Crippen LogP contribution in [0.25, 0.3) is 22.6 Å². The summed E-state index contributed by atoms with van der Waals surface area (Å²) in [5.41, 5.74) is -1.34. The van der Waals surface area contributed by atoms with Crippen molar-refractivity contribution in [1.82, 2.24) is 30.0 Å². The Morgan fingerprint density at radius 2 is 1.91 bits per heavy atom. The van der Waals surface area contributed by atoms with E-state index in [4.69, 9.17) is 0 Å². The van der Waals surface area contributed by atoms with Crippen molar-refractivity contribution < 1.29 is 31.5 Å². The molecular weight excluding hydrogens is 479 g/mol. The van der Waals surface area contributed by atoms with Crippen LogP contribution in [0.15, 0.2) is 18.3 Å². The SMILES string of the molecule is CNC(=O)C1(C)C(=O)Nc2nc(-c3nn(CCC(F)(F)C(F)(F)F)c4ncccc34)nc(NC)c21. The summed E-state index contributed by atoms with van der Waals surface area (Å²) in [7, 11) is 2.89. The molecule has 4 rings (SSSR count). The number of amides is 2. The summed E-state index contributed by atoms with van der Waals surface area (Å²) in [6, 6.07) is 3.06. The van der Waals surface area contributed by atoms with E-state index < -0.39 is 42.3 Å². The Bertz CT molecular complexity index is 1340. The molecule has 1 aliphatic rings. The van der Waals surface area contributed by atoms with Crippen molar-refractivity contribution >= 4 is 34.5 Å². The second-order valence-corrected chi connectivity index (χ2v) is 7.93. The van der Waals surface area contributed by atoms with Crippen molar-refractivity contribution in [3.8, 4) is 11.5 Å². The fraction of sp³-hybridized carbons (Fsp3) is 0.400. The number of hydrogen-bond acceptors (Lipinski definition) is 7. The second-order valence-electron chi connectivity index (χ2n) is 7.93. The molecule has 2 amide bonds. The first-order valence-electron chi connectivity index (χ1n) is 10.3. The molecule has 186 valence electrons. The third-order valence-corrected chi connectivity index (χ3v) is 5.78. The Balaban J connectivity index is 1.82. The molecule has 0 saturated carbocycles. The first kappa shape index (κ1) is 24.2. The molecule has 1 unspecified atom stereocenters. The zero-order valence-electron chi connectivity index (χ0n) is 18.6. The van der Waals surface area contributed by atoms with Gasteiger partial charge in [0.1, 0.15) is 17.3 Å². The first-order chi connectivity index (χ1) is 16.3. The lowest BCUT2D eigenvalue weighted by Crippen LogP contribution is -2.46. The van der Waals surface area contributed by atoms with Crippen molar-refractivity contribution in [2.75, 3.05) is 24.7 Å². The molecule has 4 heterocycles. The number of anilines is 2. The zero-order chi connectivity index (χ0) is 25.8. The monoisotopic (exact) mass is 498 g/mol. The number of aromatic nitrogens is 5. The number of likely N-dealkylation sites (N-methyl/N-ethyl adjacent to an activating group) is 1. The van der Waals surface area contributed by atoms with Gasteiger partial charge in [0.15, 0.2) is 16.9 Å². The number of alkyl halides is 5. The largest absolute Gasteiger partial charge is 0.453 e. The highest BCUT2D eigenvalue weighted by molar-refractivity contribution is 6.21. The van der Waals surface area contributed by atoms with Gasteiger partial charge >= 0.3 is 12.1 Å². The van der Waals surface area contributed by atoms with E-state index in [0.717, 1.165) is 4.68 Å². The van der Waals surface area contributed by atoms with Gasteiger partial charge in [-0.25, -0.2) is 19.6 Å². The molecule has 0 aliphatic carbocycles. The fourth-order valence-corrected chi connectivity index (χ4v) is 3.84. The summed E-state index contributed by atoms with van der Waals surface area (Å²) in [6.07, 6.45) is -5.91. The lowest BCUT2D eigenvalue weighted by Gasteiger charge is -2.21. The molecule has 0 spiro atoms. The van der Waals surface area contributed by atoms with Gasteiger partial charge in [0.2, 0.25) is 11.8 Å². The Hall–Kier alpha value is -3.91. The summed E-state index contributed by atoms with van der Waals surface area (Å²) in [6.45, 7) is 0.626. The van der Waals surface area contributed by atoms with Gasteiger partial charge in [0.25, 0.3) is 0 Å². The number of nitrogens with one attached hydrogen (secondary N) is 3. The van der Waals surface area contributed by atoms with Crippen molar-refractivity contribution in [1.29, 1.82) is 0 Å². The number of hydrogen-bond donors (Lipinski definition) is 3. The maximum Gasteiger partial charge on any atom is 0.453 e. The molecular formula is C20H19F5N8O2. The van der Waals surface area contributed by atoms with Crippen LogP contribution in [0.5, 0.6) is 0 Å². The third kappa shape index (κ3) is 3.70. The van der Waals surface area contributed by atoms with E-state index in [2.05, 4.69) is 36.0 Å². The number of pyridine rings is 1. The van der Waals surface area contributed by atoms with E-state index >= 15 is 0 Å². The highest BCUT2D eigenvalue weighted by Crippen LogP contribution is 2.42. The summed E-state index contributed by atoms with van der Waals surface area (Å²) in [5, 5.41) is 12.2. The van der Waals surface area contributed by atoms with Gasteiger partial charge in [-0.3, -0.25) is 9.59 Å². The maximum atomic E-state index is 13.5. The number of carbonyl (C=O) groups excluding carboxylic acids is 2. The zero-order valence-corrected chi connectivity index (χ0v) is 18.6. The highest BCUT2D eigenvalue weighted by atomic mass is 19.4. The minimum absolute atomic E-state index is 0.0330. The Kier molecular flexibility index (Phi) is 5.60. The molecule has 0 saturated heterocycles. The van der Waals surface area contributed by atoms with Crippen LogP contribution < -0.4 is 16.0 Å². The number of aryl methyl sites for hydroxylation is 1. The van der Waals surface area contributed by atoms with Crippen molar-refractivity contribution in [2.24, 2.45) is 0 Å². The fourth-order valence-electron chi connectivity index (χ4n) is 3.84. The van der Waals surface area contributed by atoms with Crippen LogP contribution >= 0.6 is 0 Å². The van der Waals surface area contributed by atoms with Gasteiger partial charge in [0.05, 0.1) is 10.9 Å². The molecule has 3 aromatic rings. The highest BCUT2D eigenvalue weighted by Gasteiger charge is 2.57. The van der Waals surface area contributed by atoms with Gasteiger partial charge < -0.3 is 16.0 Å². The van der Waals surface area contributed by atoms with E-state index in [9.17, 15) is 31.5 Å². The van der Waals surface area contributed by atoms with Crippen LogP contribution in [-0.4, -0.2) is 62.7 Å². The Labute approximate surface area is 194 Å². The predicted octanol–water partition coefficient (Wildman–Crippen LogP) is 2.47. The molecule has 1 atom stereocenters. The molecule has 1 aliphatic heterocycles. The lowest BCUT2D eigenvalue weighted by atomic mass is 9.83. The molecule has 0 aromatic carbocycles. The number of carbonyl (C=O) groups is 2. The number of nitrogens with zero attached hydrogens (tertiary/aromatic N) is 5. The van der Waals surface area contributed by atoms with E-state index in [1.54, 1.807) is 0 Å². The molecule has 3 aromatic heterocycles. The smallest absolute Gasteiger partial charge is 0.373 e. The van der Waals surface area contributed by atoms with Crippen LogP contribution in [-0.2, 0) is 21.5 Å². The molecule has 35 heavy (non-hydrogen) atoms. The van der Waals surface area contributed by atoms with Gasteiger partial charge in [-0.05, 0) is 19.1 Å². The summed E-state index contributed by atoms with van der Waals surface area (Å²) >= 11 is 0. The van der Waals surface area contributed by atoms with Crippen LogP contribution in [0, 0.1) is 0 Å². The normalized spacial score (nSPS) is 17.9. The van der Waals surface area contributed by atoms with E-state index in [-0.39, 0.29) is 34.4 Å². The average Bonchev–Trinajstić information content (AvgIpc) is 3.31. The van der Waals surface area contributed by atoms with Crippen LogP contribution in [0.4, 0.5) is 33.6 Å². The minimum atomic E-state index is -5.70. The van der Waals surface area contributed by atoms with Crippen molar-refractivity contribution in [3.63, 3.8) is 0 Å². The standard InChI is InChI=1S/C20H19F5N8O2/c1-18(16(34)27-3)10-12(26-2)29-14(30-13(10)31-17(18)35)11-9-5-4-7-28-15(9)33(32-11)8-6-19(21,22)20(23,24)25/h4-5,7H,6,8H2,1-3H3,(H,27,34)(H2,26,29,30,31,35). The van der Waals surface area contributed by atoms with Crippen LogP contribution in [0.2, 0.25) is 0 Å². The Morgan fingerprint density at radius 1 is 1.20 bits per heavy atom. The maximum absolute atomic E-state index is 13.5. The van der Waals surface area contributed by atoms with E-state index in [0.29, 0.717) is 5.39 Å². The molecule has 15 heteroatoms.